The van der Waals surface area contributed by atoms with Gasteiger partial charge in [0.25, 0.3) is 0 Å². The maximum absolute atomic E-state index is 13.4. The Hall–Kier alpha value is -2.52. The highest BCUT2D eigenvalue weighted by Crippen LogP contribution is 2.68. The SMILES string of the molecule is CON=C1C(OC(=O)c2cccnc2)CC23OC4C(CC2(C)C(C)CCC3C1(C)C)C(O)CC1C(=O)NC(C)C14. The summed E-state index contributed by atoms with van der Waals surface area (Å²) in [5.74, 6) is -0.344. The molecule has 40 heavy (non-hydrogen) atoms. The van der Waals surface area contributed by atoms with Gasteiger partial charge >= 0.3 is 5.97 Å². The first-order valence-electron chi connectivity index (χ1n) is 14.8. The van der Waals surface area contributed by atoms with Gasteiger partial charge in [-0.3, -0.25) is 9.78 Å². The van der Waals surface area contributed by atoms with Crippen molar-refractivity contribution in [3.8, 4) is 0 Å². The zero-order chi connectivity index (χ0) is 28.6. The maximum Gasteiger partial charge on any atom is 0.340 e. The lowest BCUT2D eigenvalue weighted by Gasteiger charge is -2.70. The first-order chi connectivity index (χ1) is 18.9. The number of esters is 1. The van der Waals surface area contributed by atoms with Gasteiger partial charge in [0.2, 0.25) is 5.91 Å². The van der Waals surface area contributed by atoms with Crippen molar-refractivity contribution < 1.29 is 29.0 Å². The zero-order valence-electron chi connectivity index (χ0n) is 24.4. The number of pyridine rings is 1. The van der Waals surface area contributed by atoms with Gasteiger partial charge in [0.1, 0.15) is 18.9 Å². The van der Waals surface area contributed by atoms with Crippen molar-refractivity contribution in [1.29, 1.82) is 0 Å². The van der Waals surface area contributed by atoms with Crippen LogP contribution in [0.4, 0.5) is 0 Å². The molecule has 9 heteroatoms. The molecule has 11 unspecified atom stereocenters. The van der Waals surface area contributed by atoms with Crippen molar-refractivity contribution in [3.63, 3.8) is 0 Å². The van der Waals surface area contributed by atoms with Gasteiger partial charge in [-0.25, -0.2) is 4.79 Å². The number of carbonyl (C=O) groups is 2. The lowest BCUT2D eigenvalue weighted by atomic mass is 9.42. The van der Waals surface area contributed by atoms with E-state index >= 15 is 0 Å². The Kier molecular flexibility index (Phi) is 6.57. The Morgan fingerprint density at radius 1 is 1.23 bits per heavy atom. The Balaban J connectivity index is 1.45. The first-order valence-corrected chi connectivity index (χ1v) is 14.8. The van der Waals surface area contributed by atoms with E-state index in [2.05, 4.69) is 50.1 Å². The number of nitrogens with zero attached hydrogens (tertiary/aromatic N) is 2. The van der Waals surface area contributed by atoms with Crippen LogP contribution >= 0.6 is 0 Å². The largest absolute Gasteiger partial charge is 0.452 e. The average Bonchev–Trinajstić information content (AvgIpc) is 3.19. The Morgan fingerprint density at radius 3 is 2.70 bits per heavy atom. The highest BCUT2D eigenvalue weighted by Gasteiger charge is 2.72. The Bertz CT molecular complexity index is 1200. The molecule has 5 fully saturated rings. The molecule has 1 spiro atoms. The van der Waals surface area contributed by atoms with Gasteiger partial charge in [0.15, 0.2) is 0 Å². The minimum atomic E-state index is -0.662. The Labute approximate surface area is 236 Å². The molecule has 3 aliphatic carbocycles. The minimum Gasteiger partial charge on any atom is -0.452 e. The van der Waals surface area contributed by atoms with Crippen molar-refractivity contribution in [3.05, 3.63) is 30.1 Å². The number of aromatic nitrogens is 1. The van der Waals surface area contributed by atoms with Gasteiger partial charge < -0.3 is 24.7 Å². The van der Waals surface area contributed by atoms with E-state index in [0.717, 1.165) is 19.3 Å². The molecule has 2 aliphatic heterocycles. The van der Waals surface area contributed by atoms with Crippen LogP contribution in [0.1, 0.15) is 77.1 Å². The molecule has 3 saturated carbocycles. The summed E-state index contributed by atoms with van der Waals surface area (Å²) in [5, 5.41) is 19.0. The van der Waals surface area contributed by atoms with Gasteiger partial charge in [-0.15, -0.1) is 0 Å². The number of ether oxygens (including phenoxy) is 2. The second kappa shape index (κ2) is 9.51. The third-order valence-electron chi connectivity index (χ3n) is 11.7. The fourth-order valence-corrected chi connectivity index (χ4v) is 9.58. The number of hydrogen-bond donors (Lipinski definition) is 2. The molecule has 0 bridgehead atoms. The van der Waals surface area contributed by atoms with Crippen LogP contribution in [0.25, 0.3) is 0 Å². The lowest BCUT2D eigenvalue weighted by molar-refractivity contribution is -0.325. The van der Waals surface area contributed by atoms with Crippen LogP contribution < -0.4 is 5.32 Å². The van der Waals surface area contributed by atoms with E-state index < -0.39 is 29.2 Å². The van der Waals surface area contributed by atoms with Gasteiger partial charge in [0, 0.05) is 53.4 Å². The van der Waals surface area contributed by atoms with Crippen molar-refractivity contribution in [2.75, 3.05) is 7.11 Å². The quantitative estimate of drug-likeness (QED) is 0.432. The summed E-state index contributed by atoms with van der Waals surface area (Å²) in [6.07, 6.45) is 5.31. The summed E-state index contributed by atoms with van der Waals surface area (Å²) in [6.45, 7) is 11.0. The molecule has 218 valence electrons. The van der Waals surface area contributed by atoms with E-state index in [4.69, 9.17) is 14.3 Å². The summed E-state index contributed by atoms with van der Waals surface area (Å²) < 4.78 is 13.7. The van der Waals surface area contributed by atoms with E-state index in [0.29, 0.717) is 30.0 Å². The molecule has 2 N–H and O–H groups in total. The summed E-state index contributed by atoms with van der Waals surface area (Å²) in [6, 6.07) is 3.38. The molecule has 5 aliphatic rings. The van der Waals surface area contributed by atoms with Crippen LogP contribution in [0.15, 0.2) is 29.7 Å². The standard InChI is InChI=1S/C31H43N3O6/c1-16-9-10-23-29(3,4)26(34-38-6)22(39-28(37)18-8-7-11-32-15-18)14-31(23)30(16,5)13-20-21(35)12-19-24(25(20)40-31)17(2)33-27(19)36/h7-8,11,15-17,19-25,35H,9-10,12-14H2,1-6H3,(H,33,36). The Morgan fingerprint density at radius 2 is 2.00 bits per heavy atom. The highest BCUT2D eigenvalue weighted by molar-refractivity contribution is 5.98. The maximum atomic E-state index is 13.4. The molecular weight excluding hydrogens is 510 g/mol. The average molecular weight is 554 g/mol. The van der Waals surface area contributed by atoms with E-state index in [9.17, 15) is 14.7 Å². The highest BCUT2D eigenvalue weighted by atomic mass is 16.6. The number of fused-ring (bicyclic) bond motifs is 3. The lowest BCUT2D eigenvalue weighted by Crippen LogP contribution is -2.74. The molecule has 0 aromatic carbocycles. The molecule has 9 nitrogen and oxygen atoms in total. The first kappa shape index (κ1) is 27.6. The number of aliphatic hydroxyl groups is 1. The topological polar surface area (TPSA) is 119 Å². The van der Waals surface area contributed by atoms with E-state index in [1.807, 2.05) is 0 Å². The molecule has 1 aromatic rings. The molecule has 11 atom stereocenters. The minimum absolute atomic E-state index is 0.00810. The van der Waals surface area contributed by atoms with Crippen LogP contribution in [0, 0.1) is 40.4 Å². The van der Waals surface area contributed by atoms with Gasteiger partial charge in [-0.1, -0.05) is 32.9 Å². The molecule has 2 saturated heterocycles. The summed E-state index contributed by atoms with van der Waals surface area (Å²) in [5.41, 5.74) is -0.333. The van der Waals surface area contributed by atoms with Crippen molar-refractivity contribution in [1.82, 2.24) is 10.3 Å². The fraction of sp³-hybridized carbons (Fsp3) is 0.742. The van der Waals surface area contributed by atoms with Crippen molar-refractivity contribution in [2.24, 2.45) is 45.6 Å². The van der Waals surface area contributed by atoms with Crippen molar-refractivity contribution >= 4 is 17.6 Å². The zero-order valence-corrected chi connectivity index (χ0v) is 24.4. The number of amides is 1. The van der Waals surface area contributed by atoms with E-state index in [-0.39, 0.29) is 47.1 Å². The molecule has 0 radical (unpaired) electrons. The molecule has 1 amide bonds. The van der Waals surface area contributed by atoms with Crippen LogP contribution in [0.5, 0.6) is 0 Å². The van der Waals surface area contributed by atoms with Crippen LogP contribution in [-0.2, 0) is 19.1 Å². The number of rotatable bonds is 3. The molecule has 3 heterocycles. The summed E-state index contributed by atoms with van der Waals surface area (Å²) in [4.78, 5) is 35.7. The summed E-state index contributed by atoms with van der Waals surface area (Å²) in [7, 11) is 1.53. The van der Waals surface area contributed by atoms with Crippen LogP contribution in [-0.4, -0.2) is 64.7 Å². The smallest absolute Gasteiger partial charge is 0.340 e. The number of hydrogen-bond acceptors (Lipinski definition) is 8. The third-order valence-corrected chi connectivity index (χ3v) is 11.7. The van der Waals surface area contributed by atoms with E-state index in [1.54, 1.807) is 18.3 Å². The number of oxime groups is 1. The van der Waals surface area contributed by atoms with Crippen LogP contribution in [0.3, 0.4) is 0 Å². The molecule has 1 aromatic heterocycles. The van der Waals surface area contributed by atoms with Gasteiger partial charge in [-0.05, 0) is 56.6 Å². The van der Waals surface area contributed by atoms with Gasteiger partial charge in [0.05, 0.1) is 23.4 Å². The second-order valence-corrected chi connectivity index (χ2v) is 13.8. The molecular formula is C31H43N3O6. The number of aliphatic hydroxyl groups excluding tert-OH is 1. The number of carbonyl (C=O) groups excluding carboxylic acids is 2. The summed E-state index contributed by atoms with van der Waals surface area (Å²) >= 11 is 0. The number of nitrogens with one attached hydrogen (secondary N) is 1. The fourth-order valence-electron chi connectivity index (χ4n) is 9.58. The molecule has 6 rings (SSSR count). The normalized spacial score (nSPS) is 46.3. The predicted octanol–water partition coefficient (Wildman–Crippen LogP) is 3.75. The van der Waals surface area contributed by atoms with Gasteiger partial charge in [-0.2, -0.15) is 0 Å². The second-order valence-electron chi connectivity index (χ2n) is 13.8. The van der Waals surface area contributed by atoms with Crippen LogP contribution in [0.2, 0.25) is 0 Å². The third kappa shape index (κ3) is 3.79. The monoisotopic (exact) mass is 553 g/mol. The van der Waals surface area contributed by atoms with Crippen molar-refractivity contribution in [2.45, 2.75) is 96.7 Å². The van der Waals surface area contributed by atoms with E-state index in [1.165, 1.54) is 13.3 Å². The predicted molar refractivity (Wildman–Crippen MR) is 147 cm³/mol.